The van der Waals surface area contributed by atoms with Crippen molar-refractivity contribution in [2.75, 3.05) is 0 Å². The van der Waals surface area contributed by atoms with E-state index in [1.54, 1.807) is 24.3 Å². The molecule has 0 aliphatic carbocycles. The Hall–Kier alpha value is -2.68. The highest BCUT2D eigenvalue weighted by Crippen LogP contribution is 2.44. The molecular formula is C25H32O3. The summed E-state index contributed by atoms with van der Waals surface area (Å²) >= 11 is 0. The van der Waals surface area contributed by atoms with Crippen LogP contribution in [0.1, 0.15) is 58.9 Å². The highest BCUT2D eigenvalue weighted by Gasteiger charge is 2.17. The van der Waals surface area contributed by atoms with Gasteiger partial charge >= 0.3 is 0 Å². The van der Waals surface area contributed by atoms with E-state index in [1.165, 1.54) is 16.7 Å². The lowest BCUT2D eigenvalue weighted by atomic mass is 9.99. The number of hydrogen-bond acceptors (Lipinski definition) is 3. The second-order valence-corrected chi connectivity index (χ2v) is 7.73. The van der Waals surface area contributed by atoms with Gasteiger partial charge in [0.25, 0.3) is 0 Å². The van der Waals surface area contributed by atoms with E-state index in [0.717, 1.165) is 25.7 Å². The molecular weight excluding hydrogens is 348 g/mol. The second kappa shape index (κ2) is 10.0. The summed E-state index contributed by atoms with van der Waals surface area (Å²) in [7, 11) is 0. The third kappa shape index (κ3) is 5.66. The molecule has 0 aliphatic rings. The average molecular weight is 381 g/mol. The van der Waals surface area contributed by atoms with Crippen LogP contribution in [0.3, 0.4) is 0 Å². The quantitative estimate of drug-likeness (QED) is 0.265. The summed E-state index contributed by atoms with van der Waals surface area (Å²) in [5.41, 5.74) is 4.32. The van der Waals surface area contributed by atoms with Gasteiger partial charge in [0.15, 0.2) is 11.5 Å². The van der Waals surface area contributed by atoms with Gasteiger partial charge in [-0.3, -0.25) is 0 Å². The molecule has 0 radical (unpaired) electrons. The molecule has 0 aromatic heterocycles. The summed E-state index contributed by atoms with van der Waals surface area (Å²) in [6, 6.07) is 6.99. The number of benzene rings is 2. The van der Waals surface area contributed by atoms with Gasteiger partial charge in [0.2, 0.25) is 0 Å². The fraction of sp³-hybridized carbons (Fsp3) is 0.360. The smallest absolute Gasteiger partial charge is 0.166 e. The molecule has 0 fully saturated rings. The van der Waals surface area contributed by atoms with Gasteiger partial charge in [-0.05, 0) is 59.8 Å². The van der Waals surface area contributed by atoms with Crippen molar-refractivity contribution in [3.8, 4) is 17.2 Å². The van der Waals surface area contributed by atoms with Crippen molar-refractivity contribution in [1.29, 1.82) is 0 Å². The van der Waals surface area contributed by atoms with Gasteiger partial charge in [-0.15, -0.1) is 0 Å². The van der Waals surface area contributed by atoms with E-state index < -0.39 is 0 Å². The van der Waals surface area contributed by atoms with Crippen LogP contribution in [-0.2, 0) is 6.42 Å². The van der Waals surface area contributed by atoms with E-state index in [1.807, 2.05) is 6.08 Å². The van der Waals surface area contributed by atoms with Gasteiger partial charge in [0, 0.05) is 16.3 Å². The van der Waals surface area contributed by atoms with E-state index in [0.29, 0.717) is 22.8 Å². The van der Waals surface area contributed by atoms with Crippen LogP contribution < -0.4 is 0 Å². The molecule has 2 aromatic rings. The number of rotatable bonds is 8. The minimum atomic E-state index is -0.240. The predicted octanol–water partition coefficient (Wildman–Crippen LogP) is 6.92. The Labute approximate surface area is 168 Å². The highest BCUT2D eigenvalue weighted by atomic mass is 16.3. The SMILES string of the molecule is CC(C)=CCC/C(C)=C/CC/C(C)=C/Cc1c(O)c(O)c2ccccc2c1O. The Bertz CT molecular complexity index is 913. The predicted molar refractivity (Wildman–Crippen MR) is 118 cm³/mol. The molecule has 2 aromatic carbocycles. The molecule has 3 nitrogen and oxygen atoms in total. The molecule has 3 heteroatoms. The Morgan fingerprint density at radius 3 is 1.86 bits per heavy atom. The first-order chi connectivity index (χ1) is 13.3. The minimum Gasteiger partial charge on any atom is -0.507 e. The van der Waals surface area contributed by atoms with E-state index in [9.17, 15) is 15.3 Å². The van der Waals surface area contributed by atoms with Crippen molar-refractivity contribution in [2.24, 2.45) is 0 Å². The van der Waals surface area contributed by atoms with E-state index in [-0.39, 0.29) is 17.2 Å². The van der Waals surface area contributed by atoms with Gasteiger partial charge in [-0.25, -0.2) is 0 Å². The summed E-state index contributed by atoms with van der Waals surface area (Å²) < 4.78 is 0. The lowest BCUT2D eigenvalue weighted by Gasteiger charge is -2.12. The molecule has 0 amide bonds. The summed E-state index contributed by atoms with van der Waals surface area (Å²) in [5, 5.41) is 32.1. The normalized spacial score (nSPS) is 12.4. The van der Waals surface area contributed by atoms with E-state index >= 15 is 0 Å². The zero-order chi connectivity index (χ0) is 20.7. The Kier molecular flexibility index (Phi) is 7.74. The molecule has 0 aliphatic heterocycles. The summed E-state index contributed by atoms with van der Waals surface area (Å²) in [4.78, 5) is 0. The van der Waals surface area contributed by atoms with Gasteiger partial charge in [0.05, 0.1) is 0 Å². The van der Waals surface area contributed by atoms with Gasteiger partial charge < -0.3 is 15.3 Å². The molecule has 0 saturated heterocycles. The monoisotopic (exact) mass is 380 g/mol. The van der Waals surface area contributed by atoms with Crippen molar-refractivity contribution in [2.45, 2.75) is 59.8 Å². The fourth-order valence-electron chi connectivity index (χ4n) is 3.25. The van der Waals surface area contributed by atoms with Crippen LogP contribution in [0.5, 0.6) is 17.2 Å². The summed E-state index contributed by atoms with van der Waals surface area (Å²) in [6.07, 6.45) is 11.0. The van der Waals surface area contributed by atoms with Crippen molar-refractivity contribution in [1.82, 2.24) is 0 Å². The molecule has 0 bridgehead atoms. The van der Waals surface area contributed by atoms with E-state index in [4.69, 9.17) is 0 Å². The number of hydrogen-bond donors (Lipinski definition) is 3. The molecule has 0 heterocycles. The molecule has 0 spiro atoms. The number of phenols is 3. The van der Waals surface area contributed by atoms with Crippen LogP contribution >= 0.6 is 0 Å². The maximum atomic E-state index is 10.5. The van der Waals surface area contributed by atoms with Gasteiger partial charge in [0.1, 0.15) is 5.75 Å². The molecule has 0 saturated carbocycles. The lowest BCUT2D eigenvalue weighted by Crippen LogP contribution is -1.89. The molecule has 0 unspecified atom stereocenters. The van der Waals surface area contributed by atoms with Gasteiger partial charge in [-0.2, -0.15) is 0 Å². The Balaban J connectivity index is 2.02. The van der Waals surface area contributed by atoms with Crippen LogP contribution in [0.15, 0.2) is 59.2 Å². The van der Waals surface area contributed by atoms with Crippen LogP contribution in [-0.4, -0.2) is 15.3 Å². The molecule has 0 atom stereocenters. The zero-order valence-electron chi connectivity index (χ0n) is 17.4. The zero-order valence-corrected chi connectivity index (χ0v) is 17.4. The third-order valence-electron chi connectivity index (χ3n) is 5.01. The van der Waals surface area contributed by atoms with Crippen LogP contribution in [0.25, 0.3) is 10.8 Å². The van der Waals surface area contributed by atoms with Crippen LogP contribution in [0.4, 0.5) is 0 Å². The first kappa shape index (κ1) is 21.6. The second-order valence-electron chi connectivity index (χ2n) is 7.73. The molecule has 3 N–H and O–H groups in total. The maximum Gasteiger partial charge on any atom is 0.166 e. The van der Waals surface area contributed by atoms with Crippen molar-refractivity contribution in [3.63, 3.8) is 0 Å². The van der Waals surface area contributed by atoms with E-state index in [2.05, 4.69) is 39.8 Å². The average Bonchev–Trinajstić information content (AvgIpc) is 2.66. The molecule has 150 valence electrons. The number of aromatic hydroxyl groups is 3. The standard InChI is InChI=1S/C25H32O3/c1-17(2)9-7-10-18(3)11-8-12-19(4)15-16-22-23(26)20-13-5-6-14-21(20)24(27)25(22)28/h5-6,9,11,13-15,26-28H,7-8,10,12,16H2,1-4H3/b18-11+,19-15+. The topological polar surface area (TPSA) is 60.7 Å². The van der Waals surface area contributed by atoms with Gasteiger partial charge in [-0.1, -0.05) is 59.2 Å². The first-order valence-electron chi connectivity index (χ1n) is 9.90. The van der Waals surface area contributed by atoms with Crippen LogP contribution in [0, 0.1) is 0 Å². The summed E-state index contributed by atoms with van der Waals surface area (Å²) in [5.74, 6) is -0.385. The number of allylic oxidation sites excluding steroid dienone is 6. The molecule has 28 heavy (non-hydrogen) atoms. The van der Waals surface area contributed by atoms with Crippen molar-refractivity contribution < 1.29 is 15.3 Å². The van der Waals surface area contributed by atoms with Crippen molar-refractivity contribution in [3.05, 3.63) is 64.8 Å². The Morgan fingerprint density at radius 1 is 0.714 bits per heavy atom. The third-order valence-corrected chi connectivity index (χ3v) is 5.01. The minimum absolute atomic E-state index is 0.0324. The number of fused-ring (bicyclic) bond motifs is 1. The number of phenolic OH excluding ortho intramolecular Hbond substituents is 3. The lowest BCUT2D eigenvalue weighted by molar-refractivity contribution is 0.396. The largest absolute Gasteiger partial charge is 0.507 e. The highest BCUT2D eigenvalue weighted by molar-refractivity contribution is 5.96. The Morgan fingerprint density at radius 2 is 1.25 bits per heavy atom. The molecule has 2 rings (SSSR count). The summed E-state index contributed by atoms with van der Waals surface area (Å²) in [6.45, 7) is 8.48. The fourth-order valence-corrected chi connectivity index (χ4v) is 3.25. The first-order valence-corrected chi connectivity index (χ1v) is 9.90. The van der Waals surface area contributed by atoms with Crippen molar-refractivity contribution >= 4 is 10.8 Å². The maximum absolute atomic E-state index is 10.5. The van der Waals surface area contributed by atoms with Crippen LogP contribution in [0.2, 0.25) is 0 Å².